The van der Waals surface area contributed by atoms with Crippen molar-refractivity contribution in [3.8, 4) is 0 Å². The molecule has 0 radical (unpaired) electrons. The molecule has 2 aromatic carbocycles. The molecular weight excluding hydrogens is 399 g/mol. The molecule has 0 aliphatic carbocycles. The lowest BCUT2D eigenvalue weighted by atomic mass is 10.1. The van der Waals surface area contributed by atoms with Gasteiger partial charge in [0.2, 0.25) is 11.8 Å². The highest BCUT2D eigenvalue weighted by atomic mass is 19.2. The van der Waals surface area contributed by atoms with E-state index < -0.39 is 47.3 Å². The number of nitrogens with two attached hydrogens (primary N) is 1. The molecule has 0 unspecified atom stereocenters. The quantitative estimate of drug-likeness (QED) is 0.622. The summed E-state index contributed by atoms with van der Waals surface area (Å²) in [4.78, 5) is 36.3. The average Bonchev–Trinajstić information content (AvgIpc) is 2.66. The number of aromatic nitrogens is 1. The number of pyridine rings is 1. The zero-order chi connectivity index (χ0) is 21.3. The Bertz CT molecular complexity index is 1170. The summed E-state index contributed by atoms with van der Waals surface area (Å²) in [6.07, 6.45) is 0.987. The van der Waals surface area contributed by atoms with Crippen LogP contribution in [-0.4, -0.2) is 16.4 Å². The van der Waals surface area contributed by atoms with Gasteiger partial charge in [0.15, 0.2) is 17.5 Å². The SMILES string of the molecule is C.C[C@H](C(N)=O)n1ccc2c(NC(=O)Cc3cc(F)c(F)c(F)c3)cccc2c1=O. The van der Waals surface area contributed by atoms with Crippen molar-refractivity contribution in [2.45, 2.75) is 26.8 Å². The van der Waals surface area contributed by atoms with Gasteiger partial charge in [-0.3, -0.25) is 14.4 Å². The highest BCUT2D eigenvalue weighted by Crippen LogP contribution is 2.22. The first-order chi connectivity index (χ1) is 13.7. The molecule has 0 bridgehead atoms. The van der Waals surface area contributed by atoms with Gasteiger partial charge < -0.3 is 15.6 Å². The summed E-state index contributed by atoms with van der Waals surface area (Å²) in [6.45, 7) is 1.49. The van der Waals surface area contributed by atoms with Crippen LogP contribution < -0.4 is 16.6 Å². The molecular formula is C21H20F3N3O3. The molecule has 0 saturated carbocycles. The van der Waals surface area contributed by atoms with Crippen LogP contribution in [-0.2, 0) is 16.0 Å². The topological polar surface area (TPSA) is 94.2 Å². The summed E-state index contributed by atoms with van der Waals surface area (Å²) in [7, 11) is 0. The highest BCUT2D eigenvalue weighted by molar-refractivity contribution is 6.02. The van der Waals surface area contributed by atoms with Gasteiger partial charge in [0, 0.05) is 22.7 Å². The van der Waals surface area contributed by atoms with Gasteiger partial charge in [0.25, 0.3) is 5.56 Å². The third-order valence-corrected chi connectivity index (χ3v) is 4.48. The number of carbonyl (C=O) groups excluding carboxylic acids is 2. The first-order valence-corrected chi connectivity index (χ1v) is 8.55. The molecule has 1 heterocycles. The maximum atomic E-state index is 13.3. The number of nitrogens with one attached hydrogen (secondary N) is 1. The molecule has 158 valence electrons. The zero-order valence-electron chi connectivity index (χ0n) is 15.2. The minimum absolute atomic E-state index is 0. The smallest absolute Gasteiger partial charge is 0.259 e. The number of hydrogen-bond acceptors (Lipinski definition) is 3. The Balaban J connectivity index is 0.00000320. The van der Waals surface area contributed by atoms with Gasteiger partial charge in [-0.2, -0.15) is 0 Å². The van der Waals surface area contributed by atoms with Crippen molar-refractivity contribution >= 4 is 28.3 Å². The van der Waals surface area contributed by atoms with E-state index in [9.17, 15) is 27.6 Å². The minimum Gasteiger partial charge on any atom is -0.368 e. The van der Waals surface area contributed by atoms with Crippen LogP contribution in [0.1, 0.15) is 26.0 Å². The molecule has 3 N–H and O–H groups in total. The molecule has 0 aliphatic rings. The van der Waals surface area contributed by atoms with Crippen molar-refractivity contribution in [3.63, 3.8) is 0 Å². The fourth-order valence-corrected chi connectivity index (χ4v) is 2.93. The summed E-state index contributed by atoms with van der Waals surface area (Å²) < 4.78 is 40.8. The van der Waals surface area contributed by atoms with Gasteiger partial charge in [-0.1, -0.05) is 13.5 Å². The van der Waals surface area contributed by atoms with Crippen molar-refractivity contribution in [1.82, 2.24) is 4.57 Å². The zero-order valence-corrected chi connectivity index (χ0v) is 15.2. The first kappa shape index (κ1) is 22.7. The Morgan fingerprint density at radius 1 is 1.10 bits per heavy atom. The fraction of sp³-hybridized carbons (Fsp3) is 0.190. The molecule has 6 nitrogen and oxygen atoms in total. The van der Waals surface area contributed by atoms with Crippen LogP contribution in [0.25, 0.3) is 10.8 Å². The predicted octanol–water partition coefficient (Wildman–Crippen LogP) is 3.28. The fourth-order valence-electron chi connectivity index (χ4n) is 2.93. The first-order valence-electron chi connectivity index (χ1n) is 8.55. The monoisotopic (exact) mass is 419 g/mol. The Hall–Kier alpha value is -3.62. The molecule has 30 heavy (non-hydrogen) atoms. The van der Waals surface area contributed by atoms with E-state index in [0.29, 0.717) is 11.1 Å². The Labute approximate surface area is 170 Å². The van der Waals surface area contributed by atoms with Crippen molar-refractivity contribution in [1.29, 1.82) is 0 Å². The Kier molecular flexibility index (Phi) is 6.66. The van der Waals surface area contributed by atoms with Gasteiger partial charge in [-0.05, 0) is 42.8 Å². The number of benzene rings is 2. The summed E-state index contributed by atoms with van der Waals surface area (Å²) in [6, 6.07) is 6.79. The maximum absolute atomic E-state index is 13.3. The number of anilines is 1. The summed E-state index contributed by atoms with van der Waals surface area (Å²) in [5.74, 6) is -5.67. The number of rotatable bonds is 5. The molecule has 0 fully saturated rings. The molecule has 9 heteroatoms. The normalized spacial score (nSPS) is 11.6. The van der Waals surface area contributed by atoms with Crippen LogP contribution in [0.4, 0.5) is 18.9 Å². The molecule has 2 amide bonds. The van der Waals surface area contributed by atoms with E-state index in [-0.39, 0.29) is 18.4 Å². The van der Waals surface area contributed by atoms with E-state index in [2.05, 4.69) is 5.32 Å². The lowest BCUT2D eigenvalue weighted by Gasteiger charge is -2.14. The summed E-state index contributed by atoms with van der Waals surface area (Å²) in [5, 5.41) is 3.23. The second kappa shape index (κ2) is 8.81. The highest BCUT2D eigenvalue weighted by Gasteiger charge is 2.16. The molecule has 0 saturated heterocycles. The number of amides is 2. The van der Waals surface area contributed by atoms with Crippen LogP contribution in [0.2, 0.25) is 0 Å². The third kappa shape index (κ3) is 4.35. The largest absolute Gasteiger partial charge is 0.368 e. The van der Waals surface area contributed by atoms with Gasteiger partial charge in [0.05, 0.1) is 6.42 Å². The van der Waals surface area contributed by atoms with E-state index in [1.54, 1.807) is 12.1 Å². The minimum atomic E-state index is -1.61. The molecule has 0 spiro atoms. The summed E-state index contributed by atoms with van der Waals surface area (Å²) in [5.41, 5.74) is 5.04. The van der Waals surface area contributed by atoms with Crippen molar-refractivity contribution in [2.24, 2.45) is 5.73 Å². The second-order valence-corrected chi connectivity index (χ2v) is 6.47. The number of halogens is 3. The maximum Gasteiger partial charge on any atom is 0.259 e. The van der Waals surface area contributed by atoms with Gasteiger partial charge in [-0.25, -0.2) is 13.2 Å². The van der Waals surface area contributed by atoms with Crippen LogP contribution in [0, 0.1) is 17.5 Å². The van der Waals surface area contributed by atoms with Crippen LogP contribution in [0.3, 0.4) is 0 Å². The van der Waals surface area contributed by atoms with E-state index in [1.165, 1.54) is 29.8 Å². The molecule has 3 aromatic rings. The molecule has 1 atom stereocenters. The predicted molar refractivity (Wildman–Crippen MR) is 107 cm³/mol. The lowest BCUT2D eigenvalue weighted by Crippen LogP contribution is -2.31. The van der Waals surface area contributed by atoms with Crippen molar-refractivity contribution < 1.29 is 22.8 Å². The average molecular weight is 419 g/mol. The number of primary amides is 1. The van der Waals surface area contributed by atoms with Gasteiger partial charge >= 0.3 is 0 Å². The van der Waals surface area contributed by atoms with Gasteiger partial charge in [0.1, 0.15) is 6.04 Å². The summed E-state index contributed by atoms with van der Waals surface area (Å²) >= 11 is 0. The van der Waals surface area contributed by atoms with E-state index in [0.717, 1.165) is 12.1 Å². The standard InChI is InChI=1S/C20H16F3N3O3.CH4/c1-10(19(24)28)26-6-5-12-13(20(26)29)3-2-4-16(12)25-17(27)9-11-7-14(21)18(23)15(22)8-11;/h2-8,10H,9H2,1H3,(H2,24,28)(H,25,27);1H4/t10-;/m1./s1. The second-order valence-electron chi connectivity index (χ2n) is 6.47. The van der Waals surface area contributed by atoms with Crippen LogP contribution >= 0.6 is 0 Å². The van der Waals surface area contributed by atoms with Crippen LogP contribution in [0.5, 0.6) is 0 Å². The number of hydrogen-bond donors (Lipinski definition) is 2. The van der Waals surface area contributed by atoms with Crippen molar-refractivity contribution in [2.75, 3.05) is 5.32 Å². The molecule has 3 rings (SSSR count). The number of carbonyl (C=O) groups is 2. The molecule has 0 aliphatic heterocycles. The van der Waals surface area contributed by atoms with E-state index in [4.69, 9.17) is 5.73 Å². The van der Waals surface area contributed by atoms with E-state index >= 15 is 0 Å². The Morgan fingerprint density at radius 3 is 2.33 bits per heavy atom. The van der Waals surface area contributed by atoms with Crippen molar-refractivity contribution in [3.05, 3.63) is 76.0 Å². The lowest BCUT2D eigenvalue weighted by molar-refractivity contribution is -0.120. The van der Waals surface area contributed by atoms with Crippen LogP contribution in [0.15, 0.2) is 47.4 Å². The van der Waals surface area contributed by atoms with E-state index in [1.807, 2.05) is 0 Å². The number of nitrogens with zero attached hydrogens (tertiary/aromatic N) is 1. The Morgan fingerprint density at radius 2 is 1.73 bits per heavy atom. The molecule has 1 aromatic heterocycles. The third-order valence-electron chi connectivity index (χ3n) is 4.48. The number of fused-ring (bicyclic) bond motifs is 1. The van der Waals surface area contributed by atoms with Gasteiger partial charge in [-0.15, -0.1) is 0 Å².